The van der Waals surface area contributed by atoms with Gasteiger partial charge in [-0.2, -0.15) is 0 Å². The Hall–Kier alpha value is -0.590. The lowest BCUT2D eigenvalue weighted by Crippen LogP contribution is -2.14. The summed E-state index contributed by atoms with van der Waals surface area (Å²) < 4.78 is 13.0. The largest absolute Gasteiger partial charge is 0.242 e. The predicted octanol–water partition coefficient (Wildman–Crippen LogP) is 2.87. The molecule has 0 radical (unpaired) electrons. The van der Waals surface area contributed by atoms with Crippen LogP contribution in [-0.4, -0.2) is 6.17 Å². The summed E-state index contributed by atoms with van der Waals surface area (Å²) in [7, 11) is 0. The van der Waals surface area contributed by atoms with Crippen molar-refractivity contribution in [1.82, 2.24) is 0 Å². The Balaban J connectivity index is 2.85. The van der Waals surface area contributed by atoms with Gasteiger partial charge in [0.05, 0.1) is 0 Å². The number of alkyl halides is 1. The van der Waals surface area contributed by atoms with Gasteiger partial charge in [0.15, 0.2) is 0 Å². The van der Waals surface area contributed by atoms with Gasteiger partial charge >= 0.3 is 0 Å². The van der Waals surface area contributed by atoms with E-state index in [2.05, 4.69) is 0 Å². The molecule has 0 aromatic heterocycles. The van der Waals surface area contributed by atoms with E-state index in [1.165, 1.54) is 0 Å². The number of hydrogen-bond donors (Lipinski definition) is 0. The Morgan fingerprint density at radius 1 is 1.40 bits per heavy atom. The van der Waals surface area contributed by atoms with Gasteiger partial charge in [-0.05, 0) is 19.9 Å². The first-order valence-electron chi connectivity index (χ1n) is 3.62. The van der Waals surface area contributed by atoms with Gasteiger partial charge in [0.2, 0.25) is 0 Å². The van der Waals surface area contributed by atoms with Crippen molar-refractivity contribution in [3.8, 4) is 0 Å². The second-order valence-electron chi connectivity index (χ2n) is 3.03. The van der Waals surface area contributed by atoms with Crippen LogP contribution in [0.4, 0.5) is 4.39 Å². The molecule has 0 nitrogen and oxygen atoms in total. The Labute approximate surface area is 61.4 Å². The minimum Gasteiger partial charge on any atom is -0.242 e. The molecule has 0 heterocycles. The van der Waals surface area contributed by atoms with Crippen molar-refractivity contribution in [3.05, 3.63) is 23.3 Å². The van der Waals surface area contributed by atoms with Crippen molar-refractivity contribution in [3.63, 3.8) is 0 Å². The first-order valence-corrected chi connectivity index (χ1v) is 3.62. The maximum Gasteiger partial charge on any atom is 0.125 e. The van der Waals surface area contributed by atoms with Crippen molar-refractivity contribution >= 4 is 0 Å². The molecule has 2 atom stereocenters. The summed E-state index contributed by atoms with van der Waals surface area (Å²) in [4.78, 5) is 0. The molecule has 0 saturated heterocycles. The predicted molar refractivity (Wildman–Crippen MR) is 41.6 cm³/mol. The molecular weight excluding hydrogens is 127 g/mol. The van der Waals surface area contributed by atoms with E-state index in [0.29, 0.717) is 0 Å². The number of allylic oxidation sites excluding steroid dienone is 4. The van der Waals surface area contributed by atoms with E-state index in [4.69, 9.17) is 0 Å². The van der Waals surface area contributed by atoms with Crippen molar-refractivity contribution < 1.29 is 4.39 Å². The molecule has 0 amide bonds. The third kappa shape index (κ3) is 1.28. The molecule has 10 heavy (non-hydrogen) atoms. The Morgan fingerprint density at radius 3 is 2.50 bits per heavy atom. The van der Waals surface area contributed by atoms with E-state index in [1.807, 2.05) is 26.8 Å². The van der Waals surface area contributed by atoms with Gasteiger partial charge in [-0.15, -0.1) is 0 Å². The summed E-state index contributed by atoms with van der Waals surface area (Å²) in [5.74, 6) is 0.0729. The zero-order chi connectivity index (χ0) is 7.72. The maximum atomic E-state index is 13.0. The van der Waals surface area contributed by atoms with Crippen LogP contribution in [0, 0.1) is 5.92 Å². The minimum absolute atomic E-state index is 0.0729. The lowest BCUT2D eigenvalue weighted by Gasteiger charge is -2.19. The summed E-state index contributed by atoms with van der Waals surface area (Å²) in [6, 6.07) is 0. The highest BCUT2D eigenvalue weighted by Crippen LogP contribution is 2.25. The molecule has 0 saturated carbocycles. The van der Waals surface area contributed by atoms with Crippen molar-refractivity contribution in [1.29, 1.82) is 0 Å². The highest BCUT2D eigenvalue weighted by Gasteiger charge is 2.18. The molecule has 2 unspecified atom stereocenters. The van der Waals surface area contributed by atoms with Gasteiger partial charge in [-0.25, -0.2) is 4.39 Å². The van der Waals surface area contributed by atoms with Crippen LogP contribution in [0.2, 0.25) is 0 Å². The van der Waals surface area contributed by atoms with Crippen LogP contribution >= 0.6 is 0 Å². The maximum absolute atomic E-state index is 13.0. The van der Waals surface area contributed by atoms with Crippen LogP contribution in [0.1, 0.15) is 20.8 Å². The molecule has 0 N–H and O–H groups in total. The van der Waals surface area contributed by atoms with E-state index in [-0.39, 0.29) is 5.92 Å². The molecule has 56 valence electrons. The summed E-state index contributed by atoms with van der Waals surface area (Å²) in [6.45, 7) is 5.83. The van der Waals surface area contributed by atoms with Gasteiger partial charge in [0.25, 0.3) is 0 Å². The normalized spacial score (nSPS) is 33.2. The standard InChI is InChI=1S/C9H13F/c1-6-4-7(2)8(3)9(10)5-6/h4-5,8-9H,1-3H3. The molecule has 1 heteroatoms. The summed E-state index contributed by atoms with van der Waals surface area (Å²) in [5.41, 5.74) is 2.19. The van der Waals surface area contributed by atoms with Crippen molar-refractivity contribution in [2.24, 2.45) is 5.92 Å². The smallest absolute Gasteiger partial charge is 0.125 e. The lowest BCUT2D eigenvalue weighted by molar-refractivity contribution is 0.322. The van der Waals surface area contributed by atoms with Crippen LogP contribution in [0.3, 0.4) is 0 Å². The molecule has 0 aliphatic heterocycles. The third-order valence-electron chi connectivity index (χ3n) is 2.07. The lowest BCUT2D eigenvalue weighted by atomic mass is 9.90. The van der Waals surface area contributed by atoms with E-state index in [0.717, 1.165) is 11.1 Å². The quantitative estimate of drug-likeness (QED) is 0.485. The monoisotopic (exact) mass is 140 g/mol. The first kappa shape index (κ1) is 7.52. The molecule has 1 aliphatic rings. The van der Waals surface area contributed by atoms with E-state index in [9.17, 15) is 4.39 Å². The highest BCUT2D eigenvalue weighted by atomic mass is 19.1. The fourth-order valence-electron chi connectivity index (χ4n) is 1.19. The number of hydrogen-bond acceptors (Lipinski definition) is 0. The van der Waals surface area contributed by atoms with Crippen LogP contribution in [0.5, 0.6) is 0 Å². The minimum atomic E-state index is -0.773. The molecule has 1 rings (SSSR count). The highest BCUT2D eigenvalue weighted by molar-refractivity contribution is 5.29. The van der Waals surface area contributed by atoms with E-state index in [1.54, 1.807) is 6.08 Å². The van der Waals surface area contributed by atoms with Gasteiger partial charge in [-0.3, -0.25) is 0 Å². The topological polar surface area (TPSA) is 0 Å². The van der Waals surface area contributed by atoms with Crippen LogP contribution in [0.25, 0.3) is 0 Å². The fraction of sp³-hybridized carbons (Fsp3) is 0.556. The molecule has 0 aromatic rings. The molecule has 0 aromatic carbocycles. The van der Waals surface area contributed by atoms with E-state index >= 15 is 0 Å². The van der Waals surface area contributed by atoms with Gasteiger partial charge in [0, 0.05) is 5.92 Å². The molecular formula is C9H13F. The summed E-state index contributed by atoms with van der Waals surface area (Å²) in [6.07, 6.45) is 2.95. The molecule has 0 fully saturated rings. The summed E-state index contributed by atoms with van der Waals surface area (Å²) in [5, 5.41) is 0. The first-order chi connectivity index (χ1) is 4.61. The second kappa shape index (κ2) is 2.57. The third-order valence-corrected chi connectivity index (χ3v) is 2.07. The molecule has 1 aliphatic carbocycles. The van der Waals surface area contributed by atoms with E-state index < -0.39 is 6.17 Å². The van der Waals surface area contributed by atoms with Gasteiger partial charge in [-0.1, -0.05) is 24.1 Å². The van der Waals surface area contributed by atoms with Crippen molar-refractivity contribution in [2.45, 2.75) is 26.9 Å². The second-order valence-corrected chi connectivity index (χ2v) is 3.03. The van der Waals surface area contributed by atoms with Crippen LogP contribution < -0.4 is 0 Å². The average Bonchev–Trinajstić information content (AvgIpc) is 1.82. The summed E-state index contributed by atoms with van der Waals surface area (Å²) >= 11 is 0. The Bertz CT molecular complexity index is 189. The van der Waals surface area contributed by atoms with Gasteiger partial charge in [0.1, 0.15) is 6.17 Å². The fourth-order valence-corrected chi connectivity index (χ4v) is 1.19. The van der Waals surface area contributed by atoms with Crippen molar-refractivity contribution in [2.75, 3.05) is 0 Å². The zero-order valence-electron chi connectivity index (χ0n) is 6.69. The number of halogens is 1. The Morgan fingerprint density at radius 2 is 2.00 bits per heavy atom. The zero-order valence-corrected chi connectivity index (χ0v) is 6.69. The Kier molecular flexibility index (Phi) is 1.93. The van der Waals surface area contributed by atoms with Crippen LogP contribution in [-0.2, 0) is 0 Å². The van der Waals surface area contributed by atoms with Gasteiger partial charge < -0.3 is 0 Å². The number of rotatable bonds is 0. The SMILES string of the molecule is CC1=CC(F)C(C)C(C)=C1. The van der Waals surface area contributed by atoms with Crippen LogP contribution in [0.15, 0.2) is 23.3 Å². The average molecular weight is 140 g/mol. The molecule has 0 spiro atoms. The molecule has 0 bridgehead atoms.